The van der Waals surface area contributed by atoms with Crippen LogP contribution in [0.4, 0.5) is 21.2 Å². The first-order chi connectivity index (χ1) is 25.9. The van der Waals surface area contributed by atoms with Gasteiger partial charge in [-0.3, -0.25) is 24.0 Å². The van der Waals surface area contributed by atoms with Gasteiger partial charge >= 0.3 is 5.97 Å². The number of aromatic nitrogens is 3. The molecule has 54 heavy (non-hydrogen) atoms. The Bertz CT molecular complexity index is 1850. The van der Waals surface area contributed by atoms with Crippen LogP contribution in [0.2, 0.25) is 18.6 Å². The third-order valence-electron chi connectivity index (χ3n) is 12.0. The first kappa shape index (κ1) is 38.1. The van der Waals surface area contributed by atoms with Crippen LogP contribution in [0.15, 0.2) is 54.7 Å². The Morgan fingerprint density at radius 3 is 2.54 bits per heavy atom. The number of para-hydroxylation sites is 1. The molecule has 4 atom stereocenters. The van der Waals surface area contributed by atoms with E-state index in [0.717, 1.165) is 18.8 Å². The van der Waals surface area contributed by atoms with E-state index in [2.05, 4.69) is 20.5 Å². The number of benzene rings is 2. The highest BCUT2D eigenvalue weighted by Gasteiger charge is 2.67. The van der Waals surface area contributed by atoms with Crippen molar-refractivity contribution in [3.05, 3.63) is 66.0 Å². The number of anilines is 3. The third-order valence-corrected chi connectivity index (χ3v) is 14.5. The Morgan fingerprint density at radius 1 is 1.07 bits per heavy atom. The summed E-state index contributed by atoms with van der Waals surface area (Å²) < 4.78 is 30.1. The molecule has 0 aliphatic carbocycles. The number of aliphatic hydroxyl groups is 1. The minimum Gasteiger partial charge on any atom is -0.469 e. The standard InChI is InChI=1S/C39H52FN7O6Si/c1-27-35(54(3,4)40)33(15-22-44-25-28(16-23-48)42-43-44)53-39(27)31-24-30(13-14-32(31)45(37(39)51)21-9-8-12-34(49)52-2)46-26-47(29-10-6-5-7-11-29)38(36(46)50)17-19-41-20-18-38/h5-7,10-11,13-14,24-25,27,33,35,41,48H,8-9,12,15-23,26H2,1-4H3/t27-,33+,35-,39+/m0/s1. The van der Waals surface area contributed by atoms with E-state index in [1.165, 1.54) is 7.11 Å². The molecule has 15 heteroatoms. The number of piperidine rings is 1. The third kappa shape index (κ3) is 6.62. The van der Waals surface area contributed by atoms with Crippen LogP contribution < -0.4 is 20.0 Å². The average Bonchev–Trinajstić information content (AvgIpc) is 3.88. The summed E-state index contributed by atoms with van der Waals surface area (Å²) in [7, 11) is -2.08. The van der Waals surface area contributed by atoms with Crippen molar-refractivity contribution in [2.75, 3.05) is 54.7 Å². The van der Waals surface area contributed by atoms with Crippen molar-refractivity contribution >= 4 is 43.3 Å². The number of carbonyl (C=O) groups is 3. The van der Waals surface area contributed by atoms with Crippen LogP contribution in [0.5, 0.6) is 0 Å². The van der Waals surface area contributed by atoms with Crippen molar-refractivity contribution in [2.45, 2.75) is 94.3 Å². The second kappa shape index (κ2) is 15.2. The maximum absolute atomic E-state index is 16.6. The number of halogens is 1. The molecule has 290 valence electrons. The zero-order valence-electron chi connectivity index (χ0n) is 31.7. The second-order valence-corrected chi connectivity index (χ2v) is 19.4. The smallest absolute Gasteiger partial charge is 0.305 e. The zero-order chi connectivity index (χ0) is 38.3. The molecule has 3 aromatic rings. The monoisotopic (exact) mass is 761 g/mol. The van der Waals surface area contributed by atoms with Gasteiger partial charge < -0.3 is 33.8 Å². The predicted molar refractivity (Wildman–Crippen MR) is 204 cm³/mol. The first-order valence-corrected chi connectivity index (χ1v) is 22.2. The van der Waals surface area contributed by atoms with Gasteiger partial charge in [0.25, 0.3) is 11.8 Å². The number of unbranched alkanes of at least 4 members (excludes halogenated alkanes) is 1. The largest absolute Gasteiger partial charge is 0.469 e. The van der Waals surface area contributed by atoms with Crippen LogP contribution in [-0.2, 0) is 42.4 Å². The minimum atomic E-state index is -3.44. The number of amides is 2. The van der Waals surface area contributed by atoms with Gasteiger partial charge in [0, 0.05) is 67.1 Å². The number of aliphatic hydroxyl groups excluding tert-OH is 1. The Hall–Kier alpha value is -4.18. The van der Waals surface area contributed by atoms with Crippen molar-refractivity contribution in [3.63, 3.8) is 0 Å². The van der Waals surface area contributed by atoms with Crippen molar-refractivity contribution in [2.24, 2.45) is 5.92 Å². The van der Waals surface area contributed by atoms with Gasteiger partial charge in [0.1, 0.15) is 5.54 Å². The van der Waals surface area contributed by atoms with Crippen molar-refractivity contribution in [1.82, 2.24) is 20.3 Å². The van der Waals surface area contributed by atoms with Crippen molar-refractivity contribution in [3.8, 4) is 0 Å². The maximum Gasteiger partial charge on any atom is 0.305 e. The predicted octanol–water partition coefficient (Wildman–Crippen LogP) is 4.30. The number of aryl methyl sites for hydroxylation is 1. The van der Waals surface area contributed by atoms with Crippen LogP contribution in [0.1, 0.15) is 56.7 Å². The summed E-state index contributed by atoms with van der Waals surface area (Å²) >= 11 is 0. The highest BCUT2D eigenvalue weighted by molar-refractivity contribution is 6.72. The Kier molecular flexibility index (Phi) is 10.7. The summed E-state index contributed by atoms with van der Waals surface area (Å²) in [5, 5.41) is 21.1. The molecule has 0 bridgehead atoms. The van der Waals surface area contributed by atoms with Crippen LogP contribution in [0.25, 0.3) is 0 Å². The van der Waals surface area contributed by atoms with E-state index < -0.39 is 37.1 Å². The molecule has 0 unspecified atom stereocenters. The molecule has 5 heterocycles. The Balaban J connectivity index is 1.26. The summed E-state index contributed by atoms with van der Waals surface area (Å²) in [5.41, 5.74) is 0.935. The highest BCUT2D eigenvalue weighted by Crippen LogP contribution is 2.61. The van der Waals surface area contributed by atoms with Crippen LogP contribution in [-0.4, -0.2) is 98.0 Å². The molecule has 3 saturated heterocycles. The van der Waals surface area contributed by atoms with Crippen molar-refractivity contribution < 1.29 is 33.1 Å². The molecule has 2 N–H and O–H groups in total. The number of hydrogen-bond acceptors (Lipinski definition) is 10. The summed E-state index contributed by atoms with van der Waals surface area (Å²) in [6.07, 6.45) is 4.64. The zero-order valence-corrected chi connectivity index (χ0v) is 32.7. The van der Waals surface area contributed by atoms with Gasteiger partial charge in [-0.1, -0.05) is 30.3 Å². The van der Waals surface area contributed by atoms with Crippen LogP contribution in [0.3, 0.4) is 0 Å². The number of fused-ring (bicyclic) bond motifs is 2. The quantitative estimate of drug-likeness (QED) is 0.112. The number of esters is 1. The van der Waals surface area contributed by atoms with Crippen LogP contribution >= 0.6 is 0 Å². The van der Waals surface area contributed by atoms with Gasteiger partial charge in [-0.15, -0.1) is 5.10 Å². The minimum absolute atomic E-state index is 0.0210. The van der Waals surface area contributed by atoms with E-state index in [-0.39, 0.29) is 30.8 Å². The summed E-state index contributed by atoms with van der Waals surface area (Å²) in [6.45, 7) is 7.81. The molecule has 3 fully saturated rings. The molecule has 0 saturated carbocycles. The number of methoxy groups -OCH3 is 1. The molecule has 0 radical (unpaired) electrons. The lowest BCUT2D eigenvalue weighted by Crippen LogP contribution is -2.55. The lowest BCUT2D eigenvalue weighted by Gasteiger charge is -2.39. The normalized spacial score (nSPS) is 25.0. The van der Waals surface area contributed by atoms with Gasteiger partial charge in [0.2, 0.25) is 8.41 Å². The number of carbonyl (C=O) groups excluding carboxylic acids is 3. The van der Waals surface area contributed by atoms with Gasteiger partial charge in [0.15, 0.2) is 5.60 Å². The highest BCUT2D eigenvalue weighted by atomic mass is 28.4. The molecule has 7 rings (SSSR count). The topological polar surface area (TPSA) is 142 Å². The van der Waals surface area contributed by atoms with E-state index in [9.17, 15) is 19.5 Å². The molecule has 4 aliphatic rings. The number of ether oxygens (including phenoxy) is 2. The molecule has 2 amide bonds. The number of nitrogens with zero attached hydrogens (tertiary/aromatic N) is 6. The Morgan fingerprint density at radius 2 is 1.83 bits per heavy atom. The summed E-state index contributed by atoms with van der Waals surface area (Å²) in [4.78, 5) is 47.3. The lowest BCUT2D eigenvalue weighted by molar-refractivity contribution is -0.146. The summed E-state index contributed by atoms with van der Waals surface area (Å²) in [5.74, 6) is -1.04. The molecule has 4 aliphatic heterocycles. The Labute approximate surface area is 316 Å². The summed E-state index contributed by atoms with van der Waals surface area (Å²) in [6, 6.07) is 15.8. The number of nitrogens with one attached hydrogen (secondary N) is 1. The SMILES string of the molecule is COC(=O)CCCCN1C(=O)[C@]2(O[C@H](CCn3cc(CCO)nn3)[C@@H]([Si](C)(C)F)[C@@H]2C)c2cc(N3CN(c4ccccc4)C4(CCNCC4)C3=O)ccc21. The molecule has 2 spiro atoms. The molecule has 1 aromatic heterocycles. The molecular formula is C39H52FN7O6Si. The van der Waals surface area contributed by atoms with E-state index in [0.29, 0.717) is 80.9 Å². The molecule has 2 aromatic carbocycles. The van der Waals surface area contributed by atoms with E-state index in [1.807, 2.05) is 60.4 Å². The van der Waals surface area contributed by atoms with Gasteiger partial charge in [-0.2, -0.15) is 0 Å². The second-order valence-electron chi connectivity index (χ2n) is 15.6. The lowest BCUT2D eigenvalue weighted by atomic mass is 9.82. The fourth-order valence-corrected chi connectivity index (χ4v) is 12.0. The van der Waals surface area contributed by atoms with E-state index in [1.54, 1.807) is 28.9 Å². The van der Waals surface area contributed by atoms with E-state index >= 15 is 4.11 Å². The van der Waals surface area contributed by atoms with Crippen LogP contribution in [0, 0.1) is 5.92 Å². The maximum atomic E-state index is 16.6. The average molecular weight is 762 g/mol. The first-order valence-electron chi connectivity index (χ1n) is 19.2. The molecule has 13 nitrogen and oxygen atoms in total. The molecular weight excluding hydrogens is 710 g/mol. The fourth-order valence-electron chi connectivity index (χ4n) is 9.44. The van der Waals surface area contributed by atoms with Crippen molar-refractivity contribution in [1.29, 1.82) is 0 Å². The fraction of sp³-hybridized carbons (Fsp3) is 0.564. The number of hydrogen-bond donors (Lipinski definition) is 2. The van der Waals surface area contributed by atoms with Gasteiger partial charge in [0.05, 0.1) is 31.3 Å². The van der Waals surface area contributed by atoms with E-state index in [4.69, 9.17) is 9.47 Å². The van der Waals surface area contributed by atoms with Gasteiger partial charge in [-0.25, -0.2) is 0 Å². The van der Waals surface area contributed by atoms with Gasteiger partial charge in [-0.05, 0) is 88.6 Å². The number of rotatable bonds is 13.